The van der Waals surface area contributed by atoms with E-state index in [0.29, 0.717) is 6.04 Å². The molecule has 2 saturated heterocycles. The Labute approximate surface area is 112 Å². The minimum atomic E-state index is 0.675. The molecule has 0 radical (unpaired) electrons. The Morgan fingerprint density at radius 1 is 1.22 bits per heavy atom. The molecular formula is C12H19N5S. The van der Waals surface area contributed by atoms with E-state index in [1.807, 2.05) is 30.2 Å². The van der Waals surface area contributed by atoms with Gasteiger partial charge in [-0.05, 0) is 6.07 Å². The maximum Gasteiger partial charge on any atom is 0.225 e. The zero-order valence-corrected chi connectivity index (χ0v) is 11.3. The van der Waals surface area contributed by atoms with Gasteiger partial charge in [-0.3, -0.25) is 4.90 Å². The third kappa shape index (κ3) is 2.93. The molecule has 2 aliphatic heterocycles. The number of aromatic nitrogens is 2. The van der Waals surface area contributed by atoms with E-state index in [1.54, 1.807) is 0 Å². The predicted molar refractivity (Wildman–Crippen MR) is 74.9 cm³/mol. The molecule has 1 atom stereocenters. The van der Waals surface area contributed by atoms with Gasteiger partial charge in [0, 0.05) is 62.8 Å². The molecule has 3 rings (SSSR count). The summed E-state index contributed by atoms with van der Waals surface area (Å²) in [5, 5.41) is 3.53. The second kappa shape index (κ2) is 5.86. The molecule has 5 nitrogen and oxygen atoms in total. The van der Waals surface area contributed by atoms with Gasteiger partial charge in [0.05, 0.1) is 0 Å². The summed E-state index contributed by atoms with van der Waals surface area (Å²) in [7, 11) is 0. The van der Waals surface area contributed by atoms with E-state index in [2.05, 4.69) is 25.1 Å². The largest absolute Gasteiger partial charge is 0.338 e. The highest BCUT2D eigenvalue weighted by molar-refractivity contribution is 7.99. The van der Waals surface area contributed by atoms with E-state index < -0.39 is 0 Å². The number of nitrogens with one attached hydrogen (secondary N) is 1. The van der Waals surface area contributed by atoms with Gasteiger partial charge in [-0.15, -0.1) is 11.8 Å². The van der Waals surface area contributed by atoms with E-state index in [0.717, 1.165) is 38.0 Å². The monoisotopic (exact) mass is 265 g/mol. The van der Waals surface area contributed by atoms with Crippen LogP contribution in [0.5, 0.6) is 0 Å². The van der Waals surface area contributed by atoms with Crippen molar-refractivity contribution in [3.63, 3.8) is 0 Å². The summed E-state index contributed by atoms with van der Waals surface area (Å²) in [5.74, 6) is 3.23. The molecule has 0 aromatic carbocycles. The molecule has 0 aliphatic carbocycles. The Morgan fingerprint density at radius 2 is 2.00 bits per heavy atom. The van der Waals surface area contributed by atoms with Crippen LogP contribution in [0.2, 0.25) is 0 Å². The molecule has 0 bridgehead atoms. The van der Waals surface area contributed by atoms with Crippen LogP contribution in [-0.2, 0) is 0 Å². The highest BCUT2D eigenvalue weighted by Gasteiger charge is 2.22. The fourth-order valence-electron chi connectivity index (χ4n) is 2.45. The van der Waals surface area contributed by atoms with Gasteiger partial charge in [0.15, 0.2) is 0 Å². The third-order valence-electron chi connectivity index (χ3n) is 3.48. The molecule has 3 heterocycles. The number of nitrogens with zero attached hydrogens (tertiary/aromatic N) is 4. The van der Waals surface area contributed by atoms with Crippen molar-refractivity contribution in [3.05, 3.63) is 18.5 Å². The first-order valence-electron chi connectivity index (χ1n) is 6.47. The normalized spacial score (nSPS) is 25.6. The highest BCUT2D eigenvalue weighted by atomic mass is 32.2. The van der Waals surface area contributed by atoms with Crippen LogP contribution in [0.3, 0.4) is 0 Å². The fourth-order valence-corrected chi connectivity index (χ4v) is 3.43. The first kappa shape index (κ1) is 12.2. The van der Waals surface area contributed by atoms with Crippen LogP contribution in [-0.4, -0.2) is 65.3 Å². The standard InChI is InChI=1S/C12H19N5S/c1-2-13-12(14-3-1)17-6-4-16(5-7-17)8-11-9-18-10-15-11/h1-3,11,15H,4-10H2. The number of hydrogen-bond donors (Lipinski definition) is 1. The molecule has 0 saturated carbocycles. The molecule has 1 aromatic heterocycles. The van der Waals surface area contributed by atoms with Gasteiger partial charge in [0.25, 0.3) is 0 Å². The molecule has 1 aromatic rings. The minimum Gasteiger partial charge on any atom is -0.338 e. The molecule has 6 heteroatoms. The molecule has 1 unspecified atom stereocenters. The van der Waals surface area contributed by atoms with Crippen LogP contribution in [0.25, 0.3) is 0 Å². The second-order valence-electron chi connectivity index (χ2n) is 4.75. The second-order valence-corrected chi connectivity index (χ2v) is 5.78. The molecule has 2 aliphatic rings. The Bertz CT molecular complexity index is 360. The van der Waals surface area contributed by atoms with Gasteiger partial charge in [0.2, 0.25) is 5.95 Å². The Morgan fingerprint density at radius 3 is 2.67 bits per heavy atom. The van der Waals surface area contributed by atoms with Crippen molar-refractivity contribution in [2.45, 2.75) is 6.04 Å². The van der Waals surface area contributed by atoms with Crippen LogP contribution in [0.4, 0.5) is 5.95 Å². The van der Waals surface area contributed by atoms with Gasteiger partial charge in [0.1, 0.15) is 0 Å². The zero-order valence-electron chi connectivity index (χ0n) is 10.5. The molecule has 0 amide bonds. The van der Waals surface area contributed by atoms with E-state index in [1.165, 1.54) is 12.3 Å². The number of anilines is 1. The Kier molecular flexibility index (Phi) is 3.97. The van der Waals surface area contributed by atoms with Gasteiger partial charge in [-0.2, -0.15) is 0 Å². The SMILES string of the molecule is c1cnc(N2CCN(CC3CSCN3)CC2)nc1. The Hall–Kier alpha value is -0.850. The lowest BCUT2D eigenvalue weighted by Crippen LogP contribution is -2.50. The first-order chi connectivity index (χ1) is 8.92. The van der Waals surface area contributed by atoms with Gasteiger partial charge >= 0.3 is 0 Å². The summed E-state index contributed by atoms with van der Waals surface area (Å²) in [6.07, 6.45) is 3.63. The van der Waals surface area contributed by atoms with Crippen LogP contribution in [0.15, 0.2) is 18.5 Å². The average Bonchev–Trinajstić information content (AvgIpc) is 2.94. The molecule has 18 heavy (non-hydrogen) atoms. The molecule has 1 N–H and O–H groups in total. The van der Waals surface area contributed by atoms with Crippen molar-refractivity contribution in [2.75, 3.05) is 49.3 Å². The molecular weight excluding hydrogens is 246 g/mol. The van der Waals surface area contributed by atoms with Crippen LogP contribution >= 0.6 is 11.8 Å². The van der Waals surface area contributed by atoms with Crippen molar-refractivity contribution >= 4 is 17.7 Å². The minimum absolute atomic E-state index is 0.675. The first-order valence-corrected chi connectivity index (χ1v) is 7.63. The maximum atomic E-state index is 4.31. The van der Waals surface area contributed by atoms with Crippen molar-refractivity contribution < 1.29 is 0 Å². The van der Waals surface area contributed by atoms with E-state index >= 15 is 0 Å². The summed E-state index contributed by atoms with van der Waals surface area (Å²) in [6.45, 7) is 5.46. The molecule has 98 valence electrons. The summed E-state index contributed by atoms with van der Waals surface area (Å²) in [5.41, 5.74) is 0. The van der Waals surface area contributed by atoms with Crippen molar-refractivity contribution in [1.82, 2.24) is 20.2 Å². The van der Waals surface area contributed by atoms with Gasteiger partial charge in [-0.1, -0.05) is 0 Å². The van der Waals surface area contributed by atoms with E-state index in [4.69, 9.17) is 0 Å². The maximum absolute atomic E-state index is 4.31. The topological polar surface area (TPSA) is 44.3 Å². The number of hydrogen-bond acceptors (Lipinski definition) is 6. The number of piperazine rings is 1. The zero-order chi connectivity index (χ0) is 12.2. The lowest BCUT2D eigenvalue weighted by molar-refractivity contribution is 0.239. The van der Waals surface area contributed by atoms with Crippen molar-refractivity contribution in [2.24, 2.45) is 0 Å². The third-order valence-corrected chi connectivity index (χ3v) is 4.49. The van der Waals surface area contributed by atoms with E-state index in [-0.39, 0.29) is 0 Å². The lowest BCUT2D eigenvalue weighted by Gasteiger charge is -2.35. The smallest absolute Gasteiger partial charge is 0.225 e. The Balaban J connectivity index is 1.49. The summed E-state index contributed by atoms with van der Waals surface area (Å²) in [6, 6.07) is 2.54. The van der Waals surface area contributed by atoms with Gasteiger partial charge < -0.3 is 10.2 Å². The van der Waals surface area contributed by atoms with Gasteiger partial charge in [-0.25, -0.2) is 9.97 Å². The lowest BCUT2D eigenvalue weighted by atomic mass is 10.2. The molecule has 2 fully saturated rings. The summed E-state index contributed by atoms with van der Waals surface area (Å²) < 4.78 is 0. The van der Waals surface area contributed by atoms with E-state index in [9.17, 15) is 0 Å². The number of rotatable bonds is 3. The van der Waals surface area contributed by atoms with Crippen molar-refractivity contribution in [3.8, 4) is 0 Å². The highest BCUT2D eigenvalue weighted by Crippen LogP contribution is 2.13. The number of thioether (sulfide) groups is 1. The predicted octanol–water partition coefficient (Wildman–Crippen LogP) is 0.261. The van der Waals surface area contributed by atoms with Crippen LogP contribution in [0, 0.1) is 0 Å². The summed E-state index contributed by atoms with van der Waals surface area (Å²) >= 11 is 2.00. The van der Waals surface area contributed by atoms with Crippen LogP contribution in [0.1, 0.15) is 0 Å². The van der Waals surface area contributed by atoms with Crippen molar-refractivity contribution in [1.29, 1.82) is 0 Å². The average molecular weight is 265 g/mol. The fraction of sp³-hybridized carbons (Fsp3) is 0.667. The van der Waals surface area contributed by atoms with Crippen LogP contribution < -0.4 is 10.2 Å². The summed E-state index contributed by atoms with van der Waals surface area (Å²) in [4.78, 5) is 13.4. The quantitative estimate of drug-likeness (QED) is 0.846. The molecule has 0 spiro atoms.